The number of ether oxygens (including phenoxy) is 2. The minimum Gasteiger partial charge on any atom is -0.506 e. The number of nitrogens with one attached hydrogen (secondary N) is 2. The lowest BCUT2D eigenvalue weighted by Crippen LogP contribution is -2.10. The van der Waals surface area contributed by atoms with E-state index < -0.39 is 73.3 Å². The molecule has 1 aromatic heterocycles. The van der Waals surface area contributed by atoms with E-state index in [1.807, 2.05) is 0 Å². The molecule has 342 valence electrons. The van der Waals surface area contributed by atoms with Gasteiger partial charge < -0.3 is 30.3 Å². The first-order valence-corrected chi connectivity index (χ1v) is 24.2. The maximum Gasteiger partial charge on any atom is 0.296 e. The minimum absolute atomic E-state index is 0.0415. The van der Waals surface area contributed by atoms with Gasteiger partial charge in [0.05, 0.1) is 57.5 Å². The molecule has 0 saturated carbocycles. The maximum absolute atomic E-state index is 11.7. The smallest absolute Gasteiger partial charge is 0.296 e. The molecule has 8 N–H and O–H groups in total. The predicted octanol–water partition coefficient (Wildman–Crippen LogP) is 6.71. The van der Waals surface area contributed by atoms with Crippen LogP contribution in [0.25, 0.3) is 0 Å². The summed E-state index contributed by atoms with van der Waals surface area (Å²) >= 11 is 11.7. The Kier molecular flexibility index (Phi) is 15.6. The van der Waals surface area contributed by atoms with E-state index in [2.05, 4.69) is 46.0 Å². The van der Waals surface area contributed by atoms with Crippen molar-refractivity contribution in [3.63, 3.8) is 0 Å². The fourth-order valence-corrected chi connectivity index (χ4v) is 7.89. The fraction of sp³-hybridized carbons (Fsp3) is 0.182. The molecule has 0 fully saturated rings. The highest BCUT2D eigenvalue weighted by atomic mass is 35.5. The zero-order valence-electron chi connectivity index (χ0n) is 31.9. The van der Waals surface area contributed by atoms with Crippen molar-refractivity contribution in [2.75, 3.05) is 35.4 Å². The van der Waals surface area contributed by atoms with Gasteiger partial charge in [0.15, 0.2) is 0 Å². The van der Waals surface area contributed by atoms with E-state index in [4.69, 9.17) is 41.8 Å². The van der Waals surface area contributed by atoms with E-state index in [-0.39, 0.29) is 93.6 Å². The Balaban J connectivity index is 1.45. The van der Waals surface area contributed by atoms with Crippen LogP contribution in [-0.2, 0) is 40.5 Å². The number of aromatic hydroxyl groups is 2. The summed E-state index contributed by atoms with van der Waals surface area (Å²) in [6, 6.07) is 11.1. The third-order valence-electron chi connectivity index (χ3n) is 7.76. The Labute approximate surface area is 372 Å². The standard InChI is InChI=1S/C33H31Cl2N9O16S4/c34-20-5-3-18(11-30(20)63(53,54)55)41-43-22-15-28(59-7-1-9-61(47,48)49)24(13-26(22)45)38-32-36-17-37-33(40-32)39-25-14-27(46)23(16-29(25)60-8-2-10-62(50,51)52)44-42-19-4-6-21(35)31(12-19)64(56,57)58/h3-6,11-17,45-46H,1-2,7-10H2,(H,47,48,49)(H,50,51,52)(H,53,54,55)(H,56,57,58)(H2,36,37,38,39,40). The summed E-state index contributed by atoms with van der Waals surface area (Å²) in [5.41, 5.74) is -0.791. The lowest BCUT2D eigenvalue weighted by Gasteiger charge is -2.15. The molecule has 31 heteroatoms. The first-order chi connectivity index (χ1) is 29.8. The second kappa shape index (κ2) is 20.3. The van der Waals surface area contributed by atoms with Crippen LogP contribution in [0.3, 0.4) is 0 Å². The molecule has 0 spiro atoms. The fourth-order valence-electron chi connectivity index (χ4n) is 4.94. The van der Waals surface area contributed by atoms with Gasteiger partial charge in [0.2, 0.25) is 11.9 Å². The van der Waals surface area contributed by atoms with Gasteiger partial charge in [0.25, 0.3) is 40.5 Å². The number of anilines is 4. The van der Waals surface area contributed by atoms with Crippen molar-refractivity contribution in [3.05, 3.63) is 77.0 Å². The van der Waals surface area contributed by atoms with Crippen molar-refractivity contribution in [1.82, 2.24) is 15.0 Å². The van der Waals surface area contributed by atoms with Crippen LogP contribution in [-0.4, -0.2) is 102 Å². The van der Waals surface area contributed by atoms with Crippen LogP contribution in [0.1, 0.15) is 12.8 Å². The van der Waals surface area contributed by atoms with Crippen molar-refractivity contribution in [3.8, 4) is 23.0 Å². The molecule has 1 heterocycles. The second-order valence-electron chi connectivity index (χ2n) is 12.6. The molecule has 0 aliphatic rings. The van der Waals surface area contributed by atoms with E-state index in [1.54, 1.807) is 0 Å². The molecule has 0 atom stereocenters. The Hall–Kier alpha value is -5.89. The first kappa shape index (κ1) is 49.1. The second-order valence-corrected chi connectivity index (χ2v) is 19.4. The Bertz CT molecular complexity index is 2890. The van der Waals surface area contributed by atoms with Gasteiger partial charge >= 0.3 is 0 Å². The highest BCUT2D eigenvalue weighted by Crippen LogP contribution is 2.42. The number of hydrogen-bond donors (Lipinski definition) is 8. The third-order valence-corrected chi connectivity index (χ3v) is 12.0. The Morgan fingerprint density at radius 3 is 1.31 bits per heavy atom. The molecule has 0 bridgehead atoms. The molecule has 5 rings (SSSR count). The number of benzene rings is 4. The average molecular weight is 1010 g/mol. The van der Waals surface area contributed by atoms with Crippen LogP contribution in [0, 0.1) is 0 Å². The Morgan fingerprint density at radius 2 is 0.953 bits per heavy atom. The summed E-state index contributed by atoms with van der Waals surface area (Å²) in [4.78, 5) is 11.0. The molecule has 0 amide bonds. The van der Waals surface area contributed by atoms with Crippen LogP contribution in [0.2, 0.25) is 10.0 Å². The van der Waals surface area contributed by atoms with Gasteiger partial charge in [-0.15, -0.1) is 10.2 Å². The van der Waals surface area contributed by atoms with Gasteiger partial charge in [-0.3, -0.25) is 18.2 Å². The molecule has 0 saturated heterocycles. The number of nitrogens with zero attached hydrogens (tertiary/aromatic N) is 7. The van der Waals surface area contributed by atoms with Gasteiger partial charge in [-0.1, -0.05) is 23.2 Å². The van der Waals surface area contributed by atoms with E-state index in [0.717, 1.165) is 54.9 Å². The van der Waals surface area contributed by atoms with Crippen LogP contribution >= 0.6 is 23.2 Å². The normalized spacial score (nSPS) is 12.5. The van der Waals surface area contributed by atoms with E-state index in [1.165, 1.54) is 12.1 Å². The largest absolute Gasteiger partial charge is 0.506 e. The van der Waals surface area contributed by atoms with Crippen molar-refractivity contribution >= 4 is 110 Å². The highest BCUT2D eigenvalue weighted by molar-refractivity contribution is 7.86. The number of phenols is 2. The lowest BCUT2D eigenvalue weighted by atomic mass is 10.2. The highest BCUT2D eigenvalue weighted by Gasteiger charge is 2.19. The van der Waals surface area contributed by atoms with Gasteiger partial charge in [-0.05, 0) is 49.2 Å². The maximum atomic E-state index is 11.7. The van der Waals surface area contributed by atoms with Crippen LogP contribution in [0.5, 0.6) is 23.0 Å². The monoisotopic (exact) mass is 1010 g/mol. The van der Waals surface area contributed by atoms with Crippen LogP contribution in [0.4, 0.5) is 46.0 Å². The number of azo groups is 2. The molecule has 0 aliphatic carbocycles. The van der Waals surface area contributed by atoms with E-state index in [9.17, 15) is 53.0 Å². The van der Waals surface area contributed by atoms with Gasteiger partial charge in [0.1, 0.15) is 50.5 Å². The number of phenolic OH excluding ortho intramolecular Hbond substituents is 2. The summed E-state index contributed by atoms with van der Waals surface area (Å²) in [6.45, 7) is -0.599. The summed E-state index contributed by atoms with van der Waals surface area (Å²) in [7, 11) is -18.2. The molecule has 0 radical (unpaired) electrons. The van der Waals surface area contributed by atoms with Crippen molar-refractivity contribution in [1.29, 1.82) is 0 Å². The average Bonchev–Trinajstić information content (AvgIpc) is 3.18. The molecule has 0 aliphatic heterocycles. The zero-order chi connectivity index (χ0) is 47.0. The first-order valence-electron chi connectivity index (χ1n) is 17.4. The Morgan fingerprint density at radius 1 is 0.562 bits per heavy atom. The summed E-state index contributed by atoms with van der Waals surface area (Å²) < 4.78 is 140. The number of aromatic nitrogens is 3. The minimum atomic E-state index is -4.73. The molecule has 5 aromatic rings. The van der Waals surface area contributed by atoms with E-state index in [0.29, 0.717) is 0 Å². The molecular weight excluding hydrogens is 978 g/mol. The predicted molar refractivity (Wildman–Crippen MR) is 227 cm³/mol. The number of hydrogen-bond acceptors (Lipinski definition) is 21. The number of rotatable bonds is 20. The molecular formula is C33H31Cl2N9O16S4. The van der Waals surface area contributed by atoms with Gasteiger partial charge in [-0.25, -0.2) is 9.97 Å². The third kappa shape index (κ3) is 14.6. The summed E-state index contributed by atoms with van der Waals surface area (Å²) in [6.07, 6.45) is 0.645. The lowest BCUT2D eigenvalue weighted by molar-refractivity contribution is 0.317. The number of halogens is 2. The SMILES string of the molecule is O=S(=O)(O)CCCOc1cc(N=Nc2ccc(Cl)c(S(=O)(=O)O)c2)c(O)cc1Nc1ncnc(Nc2cc(O)c(N=Nc3ccc(Cl)c(S(=O)(=O)O)c3)cc2OCCCS(=O)(=O)O)n1. The van der Waals surface area contributed by atoms with Crippen molar-refractivity contribution < 1.29 is 71.6 Å². The molecule has 25 nitrogen and oxygen atoms in total. The van der Waals surface area contributed by atoms with E-state index >= 15 is 0 Å². The summed E-state index contributed by atoms with van der Waals surface area (Å²) in [5.74, 6) is -3.04. The molecule has 4 aromatic carbocycles. The zero-order valence-corrected chi connectivity index (χ0v) is 36.7. The quantitative estimate of drug-likeness (QED) is 0.0228. The van der Waals surface area contributed by atoms with Crippen molar-refractivity contribution in [2.45, 2.75) is 22.6 Å². The van der Waals surface area contributed by atoms with Gasteiger partial charge in [-0.2, -0.15) is 48.9 Å². The molecule has 0 unspecified atom stereocenters. The molecule has 64 heavy (non-hydrogen) atoms. The van der Waals surface area contributed by atoms with Crippen LogP contribution in [0.15, 0.2) is 97.2 Å². The van der Waals surface area contributed by atoms with Crippen LogP contribution < -0.4 is 20.1 Å². The van der Waals surface area contributed by atoms with Crippen molar-refractivity contribution in [2.24, 2.45) is 20.5 Å². The van der Waals surface area contributed by atoms with Gasteiger partial charge in [0, 0.05) is 24.3 Å². The topological polar surface area (TPSA) is 389 Å². The summed E-state index contributed by atoms with van der Waals surface area (Å²) in [5, 5.41) is 42.3.